The summed E-state index contributed by atoms with van der Waals surface area (Å²) < 4.78 is 0. The number of likely N-dealkylation sites (tertiary alicyclic amines) is 1. The lowest BCUT2D eigenvalue weighted by Gasteiger charge is -2.36. The van der Waals surface area contributed by atoms with Crippen LogP contribution in [0.25, 0.3) is 0 Å². The lowest BCUT2D eigenvalue weighted by molar-refractivity contribution is -0.145. The first-order valence-electron chi connectivity index (χ1n) is 3.09. The van der Waals surface area contributed by atoms with Crippen LogP contribution in [0.15, 0.2) is 0 Å². The van der Waals surface area contributed by atoms with E-state index in [0.717, 1.165) is 0 Å². The van der Waals surface area contributed by atoms with Gasteiger partial charge in [-0.25, -0.2) is 0 Å². The molecule has 0 aliphatic carbocycles. The topological polar surface area (TPSA) is 57.6 Å². The Bertz CT molecular complexity index is 158. The summed E-state index contributed by atoms with van der Waals surface area (Å²) in [6, 6.07) is 0. The summed E-state index contributed by atoms with van der Waals surface area (Å²) in [5.41, 5.74) is 0. The molecule has 0 radical (unpaired) electrons. The van der Waals surface area contributed by atoms with Gasteiger partial charge in [0, 0.05) is 13.1 Å². The van der Waals surface area contributed by atoms with Crippen LogP contribution < -0.4 is 0 Å². The number of rotatable bonds is 1. The van der Waals surface area contributed by atoms with E-state index in [-0.39, 0.29) is 11.7 Å². The fourth-order valence-electron chi connectivity index (χ4n) is 0.892. The molecule has 1 heterocycles. The molecule has 1 saturated heterocycles. The lowest BCUT2D eigenvalue weighted by Crippen LogP contribution is -2.52. The quantitative estimate of drug-likeness (QED) is 0.464. The summed E-state index contributed by atoms with van der Waals surface area (Å²) in [6.45, 7) is 0.759. The Morgan fingerprint density at radius 2 is 2.00 bits per heavy atom. The summed E-state index contributed by atoms with van der Waals surface area (Å²) in [6.07, 6.45) is 0. The molecular weight excluding hydrogens is 133 g/mol. The van der Waals surface area contributed by atoms with Gasteiger partial charge < -0.3 is 10.0 Å². The van der Waals surface area contributed by atoms with Gasteiger partial charge in [0.25, 0.3) is 0 Å². The minimum atomic E-state index is -0.808. The van der Waals surface area contributed by atoms with Gasteiger partial charge in [-0.15, -0.1) is 0 Å². The van der Waals surface area contributed by atoms with Crippen molar-refractivity contribution in [2.45, 2.75) is 0 Å². The van der Waals surface area contributed by atoms with Crippen molar-refractivity contribution in [1.29, 1.82) is 0 Å². The van der Waals surface area contributed by atoms with Crippen LogP contribution in [0, 0.1) is 5.92 Å². The standard InChI is InChI=1S/C5H8BNO3/c6-5(10)7-1-3(2-7)4(8)9/h3H,1-2,6H2,(H,8,9). The highest BCUT2D eigenvalue weighted by molar-refractivity contribution is 6.57. The van der Waals surface area contributed by atoms with E-state index in [2.05, 4.69) is 0 Å². The number of hydrogen-bond donors (Lipinski definition) is 1. The number of carboxylic acid groups (broad SMARTS) is 1. The summed E-state index contributed by atoms with van der Waals surface area (Å²) in [5, 5.41) is 8.39. The SMILES string of the molecule is BC(=O)N1CC(C(=O)O)C1. The Balaban J connectivity index is 2.31. The van der Waals surface area contributed by atoms with Gasteiger partial charge in [0.05, 0.1) is 5.92 Å². The second-order valence-electron chi connectivity index (χ2n) is 2.46. The Morgan fingerprint density at radius 1 is 1.50 bits per heavy atom. The summed E-state index contributed by atoms with van der Waals surface area (Å²) in [4.78, 5) is 22.3. The largest absolute Gasteiger partial charge is 0.481 e. The van der Waals surface area contributed by atoms with E-state index in [1.54, 1.807) is 0 Å². The van der Waals surface area contributed by atoms with Gasteiger partial charge in [-0.1, -0.05) is 0 Å². The zero-order valence-electron chi connectivity index (χ0n) is 5.70. The van der Waals surface area contributed by atoms with Gasteiger partial charge in [-0.05, 0) is 0 Å². The highest BCUT2D eigenvalue weighted by Gasteiger charge is 2.33. The van der Waals surface area contributed by atoms with Crippen LogP contribution in [0.3, 0.4) is 0 Å². The van der Waals surface area contributed by atoms with Crippen molar-refractivity contribution in [3.63, 3.8) is 0 Å². The Morgan fingerprint density at radius 3 is 2.30 bits per heavy atom. The molecule has 1 aliphatic heterocycles. The number of hydrogen-bond acceptors (Lipinski definition) is 2. The van der Waals surface area contributed by atoms with Crippen LogP contribution in [0.1, 0.15) is 0 Å². The summed E-state index contributed by atoms with van der Waals surface area (Å²) in [5.74, 6) is -1.18. The van der Waals surface area contributed by atoms with Crippen LogP contribution in [0.5, 0.6) is 0 Å². The Kier molecular flexibility index (Phi) is 1.65. The van der Waals surface area contributed by atoms with E-state index in [4.69, 9.17) is 5.11 Å². The average Bonchev–Trinajstić information content (AvgIpc) is 1.56. The zero-order valence-corrected chi connectivity index (χ0v) is 5.70. The third-order valence-corrected chi connectivity index (χ3v) is 1.68. The number of amides is 1. The number of aliphatic carboxylic acids is 1. The molecule has 0 spiro atoms. The fourth-order valence-corrected chi connectivity index (χ4v) is 0.892. The minimum Gasteiger partial charge on any atom is -0.481 e. The van der Waals surface area contributed by atoms with Crippen molar-refractivity contribution in [3.8, 4) is 0 Å². The van der Waals surface area contributed by atoms with E-state index >= 15 is 0 Å². The molecule has 5 heteroatoms. The van der Waals surface area contributed by atoms with E-state index in [1.165, 1.54) is 12.7 Å². The molecule has 10 heavy (non-hydrogen) atoms. The van der Waals surface area contributed by atoms with Gasteiger partial charge in [-0.3, -0.25) is 9.59 Å². The molecule has 0 bridgehead atoms. The molecule has 0 saturated carbocycles. The molecule has 1 aliphatic rings. The number of nitrogens with zero attached hydrogens (tertiary/aromatic N) is 1. The molecule has 54 valence electrons. The van der Waals surface area contributed by atoms with E-state index in [1.807, 2.05) is 0 Å². The fraction of sp³-hybridized carbons (Fsp3) is 0.600. The van der Waals surface area contributed by atoms with Crippen molar-refractivity contribution in [1.82, 2.24) is 4.90 Å². The molecule has 1 rings (SSSR count). The first-order valence-corrected chi connectivity index (χ1v) is 3.09. The second kappa shape index (κ2) is 2.32. The van der Waals surface area contributed by atoms with E-state index < -0.39 is 5.97 Å². The molecule has 4 nitrogen and oxygen atoms in total. The molecule has 0 aromatic carbocycles. The molecular formula is C5H8BNO3. The van der Waals surface area contributed by atoms with Gasteiger partial charge in [0.2, 0.25) is 7.85 Å². The maximum atomic E-state index is 10.5. The minimum absolute atomic E-state index is 0.0440. The molecule has 0 aromatic heterocycles. The van der Waals surface area contributed by atoms with E-state index in [9.17, 15) is 9.59 Å². The van der Waals surface area contributed by atoms with Crippen molar-refractivity contribution < 1.29 is 14.7 Å². The molecule has 0 aromatic rings. The summed E-state index contributed by atoms with van der Waals surface area (Å²) in [7, 11) is 1.44. The first-order chi connectivity index (χ1) is 4.61. The van der Waals surface area contributed by atoms with Gasteiger partial charge in [-0.2, -0.15) is 0 Å². The third-order valence-electron chi connectivity index (χ3n) is 1.68. The first kappa shape index (κ1) is 7.12. The summed E-state index contributed by atoms with van der Waals surface area (Å²) >= 11 is 0. The van der Waals surface area contributed by atoms with Crippen molar-refractivity contribution in [3.05, 3.63) is 0 Å². The lowest BCUT2D eigenvalue weighted by atomic mass is 9.96. The van der Waals surface area contributed by atoms with Gasteiger partial charge in [0.1, 0.15) is 0 Å². The molecule has 0 atom stereocenters. The van der Waals surface area contributed by atoms with Crippen LogP contribution >= 0.6 is 0 Å². The molecule has 1 fully saturated rings. The molecule has 0 unspecified atom stereocenters. The number of carbonyl (C=O) groups is 2. The van der Waals surface area contributed by atoms with Crippen molar-refractivity contribution in [2.24, 2.45) is 5.92 Å². The Labute approximate surface area is 59.2 Å². The monoisotopic (exact) mass is 141 g/mol. The predicted molar refractivity (Wildman–Crippen MR) is 36.6 cm³/mol. The number of carboxylic acids is 1. The van der Waals surface area contributed by atoms with E-state index in [0.29, 0.717) is 13.1 Å². The van der Waals surface area contributed by atoms with Crippen LogP contribution in [-0.4, -0.2) is 42.7 Å². The second-order valence-corrected chi connectivity index (χ2v) is 2.46. The van der Waals surface area contributed by atoms with Crippen molar-refractivity contribution in [2.75, 3.05) is 13.1 Å². The highest BCUT2D eigenvalue weighted by Crippen LogP contribution is 2.14. The van der Waals surface area contributed by atoms with Crippen LogP contribution in [0.4, 0.5) is 4.79 Å². The molecule has 1 amide bonds. The Hall–Kier alpha value is -0.995. The maximum Gasteiger partial charge on any atom is 0.310 e. The van der Waals surface area contributed by atoms with Crippen LogP contribution in [0.2, 0.25) is 0 Å². The molecule has 1 N–H and O–H groups in total. The smallest absolute Gasteiger partial charge is 0.310 e. The van der Waals surface area contributed by atoms with Crippen LogP contribution in [-0.2, 0) is 4.79 Å². The highest BCUT2D eigenvalue weighted by atomic mass is 16.4. The van der Waals surface area contributed by atoms with Crippen molar-refractivity contribution >= 4 is 19.6 Å². The normalized spacial score (nSPS) is 18.2. The zero-order chi connectivity index (χ0) is 7.72. The third kappa shape index (κ3) is 1.12. The number of carbonyl (C=O) groups excluding carboxylic acids is 1. The predicted octanol–water partition coefficient (Wildman–Crippen LogP) is -1.24. The average molecular weight is 141 g/mol. The van der Waals surface area contributed by atoms with Gasteiger partial charge >= 0.3 is 5.97 Å². The maximum absolute atomic E-state index is 10.5. The van der Waals surface area contributed by atoms with Gasteiger partial charge in [0.15, 0.2) is 5.81 Å².